The van der Waals surface area contributed by atoms with E-state index >= 15 is 0 Å². The van der Waals surface area contributed by atoms with Crippen LogP contribution < -0.4 is 5.43 Å². The molecule has 0 saturated heterocycles. The molecule has 1 aromatic heterocycles. The largest absolute Gasteiger partial charge is 0.478 e. The normalized spacial score (nSPS) is 11.0. The van der Waals surface area contributed by atoms with E-state index in [1.165, 1.54) is 22.1 Å². The Morgan fingerprint density at radius 3 is 2.76 bits per heavy atom. The molecule has 1 N–H and O–H groups in total. The molecule has 2 heterocycles. The average molecular weight is 304 g/mol. The Morgan fingerprint density at radius 2 is 2.14 bits per heavy atom. The number of halogens is 1. The standard InChI is InChI=1S/C14H9FN2O3S/c1-7-12(13(19)20)9-4-8(18)5-11(15)10(9)6-17(7)14-16-2-3-21-14/h2-6H,1H3,(H,19,20). The molecule has 0 spiro atoms. The van der Waals surface area contributed by atoms with E-state index in [9.17, 15) is 19.1 Å². The lowest BCUT2D eigenvalue weighted by Crippen LogP contribution is -2.15. The van der Waals surface area contributed by atoms with Gasteiger partial charge in [-0.2, -0.15) is 0 Å². The van der Waals surface area contributed by atoms with Crippen molar-refractivity contribution in [3.63, 3.8) is 0 Å². The number of benzene rings is 1. The third-order valence-electron chi connectivity index (χ3n) is 3.19. The Bertz CT molecular complexity index is 871. The molecule has 0 amide bonds. The predicted octanol–water partition coefficient (Wildman–Crippen LogP) is 2.54. The van der Waals surface area contributed by atoms with Gasteiger partial charge in [0.25, 0.3) is 0 Å². The minimum atomic E-state index is -1.21. The van der Waals surface area contributed by atoms with E-state index in [4.69, 9.17) is 0 Å². The second-order valence-electron chi connectivity index (χ2n) is 4.45. The van der Waals surface area contributed by atoms with Crippen molar-refractivity contribution in [1.29, 1.82) is 0 Å². The summed E-state index contributed by atoms with van der Waals surface area (Å²) in [4.78, 5) is 27.1. The fourth-order valence-electron chi connectivity index (χ4n) is 2.28. The number of carboxylic acids is 1. The van der Waals surface area contributed by atoms with Crippen molar-refractivity contribution >= 4 is 17.3 Å². The van der Waals surface area contributed by atoms with Crippen molar-refractivity contribution in [3.05, 3.63) is 57.2 Å². The van der Waals surface area contributed by atoms with Crippen molar-refractivity contribution in [2.24, 2.45) is 0 Å². The fraction of sp³-hybridized carbons (Fsp3) is 0.0714. The van der Waals surface area contributed by atoms with Crippen LogP contribution in [0.25, 0.3) is 16.3 Å². The highest BCUT2D eigenvalue weighted by atomic mass is 32.1. The first kappa shape index (κ1) is 13.4. The van der Waals surface area contributed by atoms with Crippen LogP contribution in [0.3, 0.4) is 0 Å². The van der Waals surface area contributed by atoms with Gasteiger partial charge in [-0.15, -0.1) is 11.3 Å². The van der Waals surface area contributed by atoms with E-state index < -0.39 is 17.2 Å². The molecule has 1 aliphatic carbocycles. The zero-order chi connectivity index (χ0) is 15.1. The Hall–Kier alpha value is -2.54. The first-order chi connectivity index (χ1) is 9.99. The van der Waals surface area contributed by atoms with Crippen molar-refractivity contribution in [2.45, 2.75) is 6.92 Å². The van der Waals surface area contributed by atoms with Crippen LogP contribution in [-0.2, 0) is 0 Å². The van der Waals surface area contributed by atoms with Crippen molar-refractivity contribution in [3.8, 4) is 16.3 Å². The van der Waals surface area contributed by atoms with E-state index in [2.05, 4.69) is 4.98 Å². The summed E-state index contributed by atoms with van der Waals surface area (Å²) in [6.07, 6.45) is 3.04. The first-order valence-electron chi connectivity index (χ1n) is 5.97. The van der Waals surface area contributed by atoms with E-state index in [1.807, 2.05) is 0 Å². The van der Waals surface area contributed by atoms with Gasteiger partial charge in [-0.1, -0.05) is 0 Å². The molecule has 0 radical (unpaired) electrons. The molecule has 7 heteroatoms. The Labute approximate surface area is 122 Å². The highest BCUT2D eigenvalue weighted by Gasteiger charge is 2.23. The summed E-state index contributed by atoms with van der Waals surface area (Å²) in [6.45, 7) is 1.60. The highest BCUT2D eigenvalue weighted by Crippen LogP contribution is 2.31. The molecule has 3 rings (SSSR count). The highest BCUT2D eigenvalue weighted by molar-refractivity contribution is 7.12. The number of nitrogens with zero attached hydrogens (tertiary/aromatic N) is 2. The maximum atomic E-state index is 14.0. The summed E-state index contributed by atoms with van der Waals surface area (Å²) < 4.78 is 15.5. The summed E-state index contributed by atoms with van der Waals surface area (Å²) in [7, 11) is 0. The first-order valence-corrected chi connectivity index (χ1v) is 6.85. The lowest BCUT2D eigenvalue weighted by Gasteiger charge is -2.17. The number of thiazole rings is 1. The number of carboxylic acid groups (broad SMARTS) is 1. The van der Waals surface area contributed by atoms with Crippen molar-refractivity contribution < 1.29 is 14.3 Å². The van der Waals surface area contributed by atoms with E-state index in [0.717, 1.165) is 12.1 Å². The van der Waals surface area contributed by atoms with Crippen LogP contribution in [0.1, 0.15) is 16.1 Å². The smallest absolute Gasteiger partial charge is 0.338 e. The molecular formula is C14H9FN2O3S. The minimum Gasteiger partial charge on any atom is -0.478 e. The molecule has 21 heavy (non-hydrogen) atoms. The van der Waals surface area contributed by atoms with Gasteiger partial charge in [-0.05, 0) is 13.0 Å². The fourth-order valence-corrected chi connectivity index (χ4v) is 2.94. The Morgan fingerprint density at radius 1 is 1.38 bits per heavy atom. The predicted molar refractivity (Wildman–Crippen MR) is 76.0 cm³/mol. The minimum absolute atomic E-state index is 0.0767. The zero-order valence-corrected chi connectivity index (χ0v) is 11.6. The molecule has 5 nitrogen and oxygen atoms in total. The van der Waals surface area contributed by atoms with Crippen LogP contribution >= 0.6 is 11.3 Å². The number of hydrogen-bond acceptors (Lipinski definition) is 4. The van der Waals surface area contributed by atoms with Gasteiger partial charge in [-0.25, -0.2) is 14.2 Å². The van der Waals surface area contributed by atoms with Crippen LogP contribution in [0, 0.1) is 12.7 Å². The molecule has 1 aromatic rings. The van der Waals surface area contributed by atoms with Crippen molar-refractivity contribution in [2.75, 3.05) is 0 Å². The zero-order valence-electron chi connectivity index (χ0n) is 10.8. The Kier molecular flexibility index (Phi) is 3.06. The monoisotopic (exact) mass is 304 g/mol. The summed E-state index contributed by atoms with van der Waals surface area (Å²) in [5.41, 5.74) is -0.103. The van der Waals surface area contributed by atoms with Crippen LogP contribution in [0.4, 0.5) is 4.39 Å². The number of hydrogen-bond donors (Lipinski definition) is 1. The summed E-state index contributed by atoms with van der Waals surface area (Å²) in [6, 6.07) is 1.98. The lowest BCUT2D eigenvalue weighted by molar-refractivity contribution is 0.0696. The molecular weight excluding hydrogens is 295 g/mol. The summed E-state index contributed by atoms with van der Waals surface area (Å²) in [5, 5.41) is 11.7. The number of aromatic carboxylic acids is 1. The van der Waals surface area contributed by atoms with Crippen molar-refractivity contribution in [1.82, 2.24) is 9.55 Å². The van der Waals surface area contributed by atoms with Gasteiger partial charge >= 0.3 is 5.97 Å². The number of aromatic nitrogens is 2. The average Bonchev–Trinajstić information content (AvgIpc) is 2.91. The number of pyridine rings is 1. The lowest BCUT2D eigenvalue weighted by atomic mass is 9.97. The van der Waals surface area contributed by atoms with Gasteiger partial charge in [0.1, 0.15) is 5.82 Å². The topological polar surface area (TPSA) is 72.2 Å². The molecule has 0 fully saturated rings. The molecule has 0 bridgehead atoms. The van der Waals surface area contributed by atoms with E-state index in [-0.39, 0.29) is 16.7 Å². The second kappa shape index (κ2) is 4.78. The van der Waals surface area contributed by atoms with Crippen LogP contribution in [-0.4, -0.2) is 20.6 Å². The third-order valence-corrected chi connectivity index (χ3v) is 3.96. The van der Waals surface area contributed by atoms with Gasteiger partial charge in [0.15, 0.2) is 10.6 Å². The van der Waals surface area contributed by atoms with Gasteiger partial charge in [0.2, 0.25) is 0 Å². The molecule has 2 aliphatic rings. The quantitative estimate of drug-likeness (QED) is 0.789. The number of rotatable bonds is 2. The van der Waals surface area contributed by atoms with E-state index in [1.54, 1.807) is 18.5 Å². The Balaban J connectivity index is 2.48. The number of carbonyl (C=O) groups is 1. The van der Waals surface area contributed by atoms with E-state index in [0.29, 0.717) is 10.8 Å². The van der Waals surface area contributed by atoms with Gasteiger partial charge in [-0.3, -0.25) is 9.36 Å². The molecule has 106 valence electrons. The molecule has 0 atom stereocenters. The molecule has 0 saturated carbocycles. The summed E-state index contributed by atoms with van der Waals surface area (Å²) in [5.74, 6) is -1.96. The molecule has 0 aromatic carbocycles. The maximum Gasteiger partial charge on any atom is 0.338 e. The van der Waals surface area contributed by atoms with Gasteiger partial charge in [0, 0.05) is 40.7 Å². The third kappa shape index (κ3) is 2.11. The van der Waals surface area contributed by atoms with Crippen LogP contribution in [0.5, 0.6) is 0 Å². The van der Waals surface area contributed by atoms with Crippen LogP contribution in [0.15, 0.2) is 34.7 Å². The molecule has 0 unspecified atom stereocenters. The molecule has 1 aliphatic heterocycles. The summed E-state index contributed by atoms with van der Waals surface area (Å²) >= 11 is 1.30. The van der Waals surface area contributed by atoms with Gasteiger partial charge in [0.05, 0.1) is 5.56 Å². The number of fused-ring (bicyclic) bond motifs is 1. The maximum absolute atomic E-state index is 14.0. The SMILES string of the molecule is Cc1c(C(=O)O)c2cc(=O)cc(F)c-2cn1-c1nccs1. The van der Waals surface area contributed by atoms with Gasteiger partial charge < -0.3 is 5.11 Å². The second-order valence-corrected chi connectivity index (χ2v) is 5.32. The van der Waals surface area contributed by atoms with Crippen LogP contribution in [0.2, 0.25) is 0 Å².